The summed E-state index contributed by atoms with van der Waals surface area (Å²) < 4.78 is 0. The van der Waals surface area contributed by atoms with Crippen LogP contribution >= 0.6 is 0 Å². The molecule has 1 aromatic carbocycles. The summed E-state index contributed by atoms with van der Waals surface area (Å²) in [6.07, 6.45) is 0. The SMILES string of the molecule is Cc1ccc(NN)c(N)c1[N+](=O)[O-]. The summed E-state index contributed by atoms with van der Waals surface area (Å²) in [5, 5.41) is 10.6. The lowest BCUT2D eigenvalue weighted by atomic mass is 10.1. The monoisotopic (exact) mass is 182 g/mol. The highest BCUT2D eigenvalue weighted by Crippen LogP contribution is 2.31. The van der Waals surface area contributed by atoms with E-state index in [0.29, 0.717) is 11.3 Å². The molecule has 70 valence electrons. The second-order valence-electron chi connectivity index (χ2n) is 2.59. The number of hydrogen-bond donors (Lipinski definition) is 3. The number of nitrogens with two attached hydrogens (primary N) is 2. The Morgan fingerprint density at radius 3 is 2.62 bits per heavy atom. The molecule has 0 fully saturated rings. The summed E-state index contributed by atoms with van der Waals surface area (Å²) in [7, 11) is 0. The number of nitro benzene ring substituents is 1. The number of nitrogens with zero attached hydrogens (tertiary/aromatic N) is 1. The van der Waals surface area contributed by atoms with Crippen molar-refractivity contribution in [1.29, 1.82) is 0 Å². The average Bonchev–Trinajstić information content (AvgIpc) is 2.04. The molecule has 0 aliphatic heterocycles. The van der Waals surface area contributed by atoms with E-state index >= 15 is 0 Å². The standard InChI is InChI=1S/C7H10N4O2/c1-4-2-3-5(10-9)6(8)7(4)11(12)13/h2-3,10H,8-9H2,1H3. The van der Waals surface area contributed by atoms with Crippen molar-refractivity contribution < 1.29 is 4.92 Å². The molecule has 0 saturated carbocycles. The molecule has 0 aromatic heterocycles. The van der Waals surface area contributed by atoms with Gasteiger partial charge in [0.25, 0.3) is 5.69 Å². The maximum absolute atomic E-state index is 10.6. The van der Waals surface area contributed by atoms with Crippen molar-refractivity contribution in [2.45, 2.75) is 6.92 Å². The first-order valence-corrected chi connectivity index (χ1v) is 3.58. The summed E-state index contributed by atoms with van der Waals surface area (Å²) in [6.45, 7) is 1.62. The van der Waals surface area contributed by atoms with Gasteiger partial charge in [0.05, 0.1) is 10.6 Å². The minimum absolute atomic E-state index is 0.0625. The molecule has 0 saturated heterocycles. The Kier molecular flexibility index (Phi) is 2.34. The van der Waals surface area contributed by atoms with Crippen LogP contribution in [0.1, 0.15) is 5.56 Å². The van der Waals surface area contributed by atoms with Gasteiger partial charge in [0.1, 0.15) is 5.69 Å². The van der Waals surface area contributed by atoms with E-state index in [1.807, 2.05) is 0 Å². The largest absolute Gasteiger partial charge is 0.391 e. The maximum Gasteiger partial charge on any atom is 0.297 e. The molecule has 0 aliphatic rings. The average molecular weight is 182 g/mol. The van der Waals surface area contributed by atoms with Crippen molar-refractivity contribution in [3.8, 4) is 0 Å². The number of nitrogens with one attached hydrogen (secondary N) is 1. The first-order valence-electron chi connectivity index (χ1n) is 3.58. The van der Waals surface area contributed by atoms with Gasteiger partial charge in [-0.15, -0.1) is 0 Å². The number of benzene rings is 1. The topological polar surface area (TPSA) is 107 Å². The minimum Gasteiger partial charge on any atom is -0.391 e. The van der Waals surface area contributed by atoms with Gasteiger partial charge in [0.15, 0.2) is 0 Å². The van der Waals surface area contributed by atoms with Gasteiger partial charge in [0, 0.05) is 5.56 Å². The molecule has 6 heteroatoms. The molecule has 0 spiro atoms. The van der Waals surface area contributed by atoms with Gasteiger partial charge in [-0.05, 0) is 13.0 Å². The van der Waals surface area contributed by atoms with Crippen LogP contribution in [0.5, 0.6) is 0 Å². The fraction of sp³-hybridized carbons (Fsp3) is 0.143. The maximum atomic E-state index is 10.6. The Bertz CT molecular complexity index is 351. The van der Waals surface area contributed by atoms with E-state index in [0.717, 1.165) is 0 Å². The van der Waals surface area contributed by atoms with Crippen molar-refractivity contribution in [3.63, 3.8) is 0 Å². The second kappa shape index (κ2) is 3.28. The molecule has 5 N–H and O–H groups in total. The van der Waals surface area contributed by atoms with E-state index in [4.69, 9.17) is 11.6 Å². The molecule has 13 heavy (non-hydrogen) atoms. The zero-order valence-electron chi connectivity index (χ0n) is 7.07. The van der Waals surface area contributed by atoms with Gasteiger partial charge >= 0.3 is 0 Å². The summed E-state index contributed by atoms with van der Waals surface area (Å²) in [5.74, 6) is 5.12. The van der Waals surface area contributed by atoms with Crippen LogP contribution in [0.15, 0.2) is 12.1 Å². The predicted molar refractivity (Wildman–Crippen MR) is 50.1 cm³/mol. The van der Waals surface area contributed by atoms with Crippen molar-refractivity contribution in [2.75, 3.05) is 11.2 Å². The van der Waals surface area contributed by atoms with Crippen molar-refractivity contribution in [2.24, 2.45) is 5.84 Å². The van der Waals surface area contributed by atoms with Crippen LogP contribution in [0.4, 0.5) is 17.1 Å². The summed E-state index contributed by atoms with van der Waals surface area (Å²) >= 11 is 0. The smallest absolute Gasteiger partial charge is 0.297 e. The van der Waals surface area contributed by atoms with Crippen LogP contribution in [0.3, 0.4) is 0 Å². The Labute approximate surface area is 74.6 Å². The first-order chi connectivity index (χ1) is 6.07. The number of nitrogen functional groups attached to an aromatic ring is 2. The van der Waals surface area contributed by atoms with Crippen LogP contribution in [0.2, 0.25) is 0 Å². The highest BCUT2D eigenvalue weighted by atomic mass is 16.6. The van der Waals surface area contributed by atoms with Crippen molar-refractivity contribution in [3.05, 3.63) is 27.8 Å². The van der Waals surface area contributed by atoms with E-state index < -0.39 is 4.92 Å². The van der Waals surface area contributed by atoms with Gasteiger partial charge in [-0.3, -0.25) is 16.0 Å². The number of rotatable bonds is 2. The normalized spacial score (nSPS) is 9.69. The summed E-state index contributed by atoms with van der Waals surface area (Å²) in [4.78, 5) is 10.0. The zero-order valence-corrected chi connectivity index (χ0v) is 7.07. The second-order valence-corrected chi connectivity index (χ2v) is 2.59. The molecular weight excluding hydrogens is 172 g/mol. The van der Waals surface area contributed by atoms with Gasteiger partial charge in [-0.2, -0.15) is 0 Å². The van der Waals surface area contributed by atoms with Gasteiger partial charge in [-0.1, -0.05) is 6.07 Å². The van der Waals surface area contributed by atoms with E-state index in [-0.39, 0.29) is 11.4 Å². The quantitative estimate of drug-likeness (QED) is 0.271. The van der Waals surface area contributed by atoms with Crippen LogP contribution in [0, 0.1) is 17.0 Å². The van der Waals surface area contributed by atoms with E-state index in [1.165, 1.54) is 0 Å². The fourth-order valence-electron chi connectivity index (χ4n) is 1.09. The first kappa shape index (κ1) is 9.27. The molecule has 0 unspecified atom stereocenters. The van der Waals surface area contributed by atoms with Gasteiger partial charge in [-0.25, -0.2) is 0 Å². The van der Waals surface area contributed by atoms with Gasteiger partial charge < -0.3 is 11.2 Å². The molecule has 0 atom stereocenters. The number of hydrogen-bond acceptors (Lipinski definition) is 5. The van der Waals surface area contributed by atoms with Crippen LogP contribution in [0.25, 0.3) is 0 Å². The molecule has 1 aromatic rings. The minimum atomic E-state index is -0.522. The number of hydrazine groups is 1. The fourth-order valence-corrected chi connectivity index (χ4v) is 1.09. The highest BCUT2D eigenvalue weighted by molar-refractivity contribution is 5.77. The highest BCUT2D eigenvalue weighted by Gasteiger charge is 2.17. The Morgan fingerprint density at radius 2 is 2.15 bits per heavy atom. The summed E-state index contributed by atoms with van der Waals surface area (Å²) in [5.41, 5.74) is 8.63. The van der Waals surface area contributed by atoms with Crippen molar-refractivity contribution in [1.82, 2.24) is 0 Å². The summed E-state index contributed by atoms with van der Waals surface area (Å²) in [6, 6.07) is 3.18. The lowest BCUT2D eigenvalue weighted by molar-refractivity contribution is -0.384. The molecule has 0 heterocycles. The van der Waals surface area contributed by atoms with E-state index in [2.05, 4.69) is 5.43 Å². The number of anilines is 2. The third kappa shape index (κ3) is 1.52. The molecule has 0 aliphatic carbocycles. The molecule has 6 nitrogen and oxygen atoms in total. The lowest BCUT2D eigenvalue weighted by Gasteiger charge is -2.06. The molecular formula is C7H10N4O2. The number of nitro groups is 1. The molecule has 0 amide bonds. The third-order valence-corrected chi connectivity index (χ3v) is 1.76. The molecule has 1 rings (SSSR count). The van der Waals surface area contributed by atoms with Crippen LogP contribution < -0.4 is 17.0 Å². The Morgan fingerprint density at radius 1 is 1.54 bits per heavy atom. The predicted octanol–water partition coefficient (Wildman–Crippen LogP) is 0.771. The van der Waals surface area contributed by atoms with E-state index in [1.54, 1.807) is 19.1 Å². The number of aryl methyl sites for hydroxylation is 1. The molecule has 0 bridgehead atoms. The van der Waals surface area contributed by atoms with Crippen molar-refractivity contribution >= 4 is 17.1 Å². The van der Waals surface area contributed by atoms with E-state index in [9.17, 15) is 10.1 Å². The Balaban J connectivity index is 3.38. The molecule has 0 radical (unpaired) electrons. The van der Waals surface area contributed by atoms with Crippen LogP contribution in [-0.2, 0) is 0 Å². The third-order valence-electron chi connectivity index (χ3n) is 1.76. The Hall–Kier alpha value is -1.82. The zero-order chi connectivity index (χ0) is 10.0. The van der Waals surface area contributed by atoms with Crippen LogP contribution in [-0.4, -0.2) is 4.92 Å². The van der Waals surface area contributed by atoms with Gasteiger partial charge in [0.2, 0.25) is 0 Å². The lowest BCUT2D eigenvalue weighted by Crippen LogP contribution is -2.10.